The number of hydrogen-bond acceptors (Lipinski definition) is 5. The van der Waals surface area contributed by atoms with Gasteiger partial charge in [0.05, 0.1) is 15.5 Å². The zero-order valence-corrected chi connectivity index (χ0v) is 14.9. The van der Waals surface area contributed by atoms with Gasteiger partial charge in [0.2, 0.25) is 0 Å². The molecule has 0 fully saturated rings. The Morgan fingerprint density at radius 2 is 1.65 bits per heavy atom. The van der Waals surface area contributed by atoms with Crippen molar-refractivity contribution in [3.63, 3.8) is 0 Å². The van der Waals surface area contributed by atoms with E-state index in [9.17, 15) is 16.8 Å². The number of nitrogens with zero attached hydrogens (tertiary/aromatic N) is 1. The number of aromatic nitrogens is 1. The molecule has 6 nitrogen and oxygen atoms in total. The number of aryl methyl sites for hydroxylation is 1. The SMILES string of the molecule is CC[C@@H](N)c1cc(S(C)(=O)=O)cn1S(=O)(=O)c1ccc(C)cc1. The fourth-order valence-electron chi connectivity index (χ4n) is 2.15. The summed E-state index contributed by atoms with van der Waals surface area (Å²) < 4.78 is 50.2. The Bertz CT molecular complexity index is 911. The van der Waals surface area contributed by atoms with Crippen LogP contribution in [-0.4, -0.2) is 27.1 Å². The quantitative estimate of drug-likeness (QED) is 0.881. The Balaban J connectivity index is 2.70. The fraction of sp³-hybridized carbons (Fsp3) is 0.333. The Labute approximate surface area is 136 Å². The molecule has 0 aliphatic heterocycles. The van der Waals surface area contributed by atoms with Crippen LogP contribution in [0.4, 0.5) is 0 Å². The molecule has 1 aromatic heterocycles. The summed E-state index contributed by atoms with van der Waals surface area (Å²) in [6.07, 6.45) is 2.64. The van der Waals surface area contributed by atoms with E-state index in [1.165, 1.54) is 18.2 Å². The summed E-state index contributed by atoms with van der Waals surface area (Å²) in [4.78, 5) is 0.0235. The van der Waals surface area contributed by atoms with Crippen molar-refractivity contribution in [2.75, 3.05) is 6.26 Å². The molecule has 126 valence electrons. The predicted octanol–water partition coefficient (Wildman–Crippen LogP) is 1.85. The van der Waals surface area contributed by atoms with Crippen LogP contribution in [-0.2, 0) is 19.9 Å². The summed E-state index contributed by atoms with van der Waals surface area (Å²) in [5.41, 5.74) is 7.16. The molecule has 1 heterocycles. The van der Waals surface area contributed by atoms with E-state index in [-0.39, 0.29) is 15.5 Å². The maximum Gasteiger partial charge on any atom is 0.267 e. The predicted molar refractivity (Wildman–Crippen MR) is 88.5 cm³/mol. The lowest BCUT2D eigenvalue weighted by Gasteiger charge is -2.14. The van der Waals surface area contributed by atoms with E-state index in [1.54, 1.807) is 19.1 Å². The molecule has 0 aliphatic rings. The molecule has 0 saturated heterocycles. The molecule has 2 aromatic rings. The van der Waals surface area contributed by atoms with Gasteiger partial charge in [0.15, 0.2) is 9.84 Å². The number of nitrogens with two attached hydrogens (primary N) is 1. The maximum atomic E-state index is 12.8. The van der Waals surface area contributed by atoms with Crippen LogP contribution in [0.25, 0.3) is 0 Å². The molecule has 0 saturated carbocycles. The van der Waals surface area contributed by atoms with Crippen molar-refractivity contribution in [3.8, 4) is 0 Å². The Morgan fingerprint density at radius 3 is 2.13 bits per heavy atom. The molecule has 0 spiro atoms. The molecule has 1 atom stereocenters. The fourth-order valence-corrected chi connectivity index (χ4v) is 4.27. The third-order valence-electron chi connectivity index (χ3n) is 3.61. The molecular formula is C15H20N2O4S2. The topological polar surface area (TPSA) is 99.2 Å². The highest BCUT2D eigenvalue weighted by Crippen LogP contribution is 2.26. The van der Waals surface area contributed by atoms with Gasteiger partial charge in [-0.2, -0.15) is 0 Å². The van der Waals surface area contributed by atoms with Gasteiger partial charge in [-0.1, -0.05) is 24.6 Å². The average Bonchev–Trinajstić information content (AvgIpc) is 2.93. The third kappa shape index (κ3) is 3.49. The molecule has 0 amide bonds. The minimum Gasteiger partial charge on any atom is -0.323 e. The van der Waals surface area contributed by atoms with Gasteiger partial charge in [-0.3, -0.25) is 0 Å². The molecule has 2 rings (SSSR count). The minimum atomic E-state index is -3.91. The van der Waals surface area contributed by atoms with Gasteiger partial charge in [-0.25, -0.2) is 20.8 Å². The van der Waals surface area contributed by atoms with E-state index >= 15 is 0 Å². The lowest BCUT2D eigenvalue weighted by molar-refractivity contribution is 0.578. The van der Waals surface area contributed by atoms with Crippen molar-refractivity contribution in [1.82, 2.24) is 3.97 Å². The lowest BCUT2D eigenvalue weighted by atomic mass is 10.2. The second kappa shape index (κ2) is 6.10. The van der Waals surface area contributed by atoms with Crippen LogP contribution in [0, 0.1) is 6.92 Å². The summed E-state index contributed by atoms with van der Waals surface area (Å²) >= 11 is 0. The van der Waals surface area contributed by atoms with E-state index in [1.807, 2.05) is 6.92 Å². The number of rotatable bonds is 5. The smallest absolute Gasteiger partial charge is 0.267 e. The summed E-state index contributed by atoms with van der Waals surface area (Å²) in [6, 6.07) is 7.11. The number of benzene rings is 1. The van der Waals surface area contributed by atoms with Crippen LogP contribution in [0.3, 0.4) is 0 Å². The van der Waals surface area contributed by atoms with E-state index < -0.39 is 25.9 Å². The maximum absolute atomic E-state index is 12.8. The second-order valence-electron chi connectivity index (χ2n) is 5.50. The molecule has 0 aliphatic carbocycles. The van der Waals surface area contributed by atoms with Crippen molar-refractivity contribution in [2.45, 2.75) is 36.1 Å². The van der Waals surface area contributed by atoms with Gasteiger partial charge >= 0.3 is 0 Å². The van der Waals surface area contributed by atoms with Gasteiger partial charge in [0.1, 0.15) is 0 Å². The van der Waals surface area contributed by atoms with Crippen molar-refractivity contribution in [3.05, 3.63) is 47.8 Å². The van der Waals surface area contributed by atoms with Gasteiger partial charge in [0, 0.05) is 18.5 Å². The van der Waals surface area contributed by atoms with Crippen LogP contribution in [0.1, 0.15) is 30.6 Å². The van der Waals surface area contributed by atoms with Crippen LogP contribution in [0.2, 0.25) is 0 Å². The Kier molecular flexibility index (Phi) is 4.70. The molecular weight excluding hydrogens is 336 g/mol. The summed E-state index contributed by atoms with van der Waals surface area (Å²) in [6.45, 7) is 3.66. The molecule has 0 bridgehead atoms. The van der Waals surface area contributed by atoms with Crippen molar-refractivity contribution < 1.29 is 16.8 Å². The zero-order valence-electron chi connectivity index (χ0n) is 13.2. The summed E-state index contributed by atoms with van der Waals surface area (Å²) in [5.74, 6) is 0. The first kappa shape index (κ1) is 17.7. The van der Waals surface area contributed by atoms with Crippen LogP contribution in [0.15, 0.2) is 46.3 Å². The zero-order chi connectivity index (χ0) is 17.4. The molecule has 0 unspecified atom stereocenters. The van der Waals surface area contributed by atoms with E-state index in [2.05, 4.69) is 0 Å². The molecule has 0 radical (unpaired) electrons. The molecule has 1 aromatic carbocycles. The Morgan fingerprint density at radius 1 is 1.09 bits per heavy atom. The van der Waals surface area contributed by atoms with Crippen LogP contribution < -0.4 is 5.73 Å². The first-order valence-electron chi connectivity index (χ1n) is 7.07. The highest BCUT2D eigenvalue weighted by molar-refractivity contribution is 7.91. The van der Waals surface area contributed by atoms with E-state index in [0.717, 1.165) is 22.0 Å². The minimum absolute atomic E-state index is 0.0629. The first-order chi connectivity index (χ1) is 10.6. The first-order valence-corrected chi connectivity index (χ1v) is 10.4. The highest BCUT2D eigenvalue weighted by Gasteiger charge is 2.25. The van der Waals surface area contributed by atoms with E-state index in [4.69, 9.17) is 5.73 Å². The summed E-state index contributed by atoms with van der Waals surface area (Å²) in [7, 11) is -7.44. The van der Waals surface area contributed by atoms with Gasteiger partial charge < -0.3 is 5.73 Å². The summed E-state index contributed by atoms with van der Waals surface area (Å²) in [5, 5.41) is 0. The third-order valence-corrected chi connectivity index (χ3v) is 6.40. The van der Waals surface area contributed by atoms with Gasteiger partial charge in [0.25, 0.3) is 10.0 Å². The van der Waals surface area contributed by atoms with Gasteiger partial charge in [-0.05, 0) is 31.5 Å². The molecule has 23 heavy (non-hydrogen) atoms. The van der Waals surface area contributed by atoms with E-state index in [0.29, 0.717) is 6.42 Å². The monoisotopic (exact) mass is 356 g/mol. The largest absolute Gasteiger partial charge is 0.323 e. The van der Waals surface area contributed by atoms with Crippen LogP contribution >= 0.6 is 0 Å². The van der Waals surface area contributed by atoms with Gasteiger partial charge in [-0.15, -0.1) is 0 Å². The van der Waals surface area contributed by atoms with Crippen molar-refractivity contribution >= 4 is 19.9 Å². The van der Waals surface area contributed by atoms with Crippen LogP contribution in [0.5, 0.6) is 0 Å². The Hall–Kier alpha value is -1.64. The second-order valence-corrected chi connectivity index (χ2v) is 9.33. The average molecular weight is 356 g/mol. The molecule has 8 heteroatoms. The molecule has 2 N–H and O–H groups in total. The lowest BCUT2D eigenvalue weighted by Crippen LogP contribution is -2.20. The normalized spacial score (nSPS) is 13.9. The number of sulfone groups is 1. The highest BCUT2D eigenvalue weighted by atomic mass is 32.2. The standard InChI is InChI=1S/C15H20N2O4S2/c1-4-14(16)15-9-13(22(3,18)19)10-17(15)23(20,21)12-7-5-11(2)6-8-12/h5-10,14H,4,16H2,1-3H3/t14-/m1/s1. The van der Waals surface area contributed by atoms with Crippen molar-refractivity contribution in [2.24, 2.45) is 5.73 Å². The van der Waals surface area contributed by atoms with Crippen molar-refractivity contribution in [1.29, 1.82) is 0 Å². The number of hydrogen-bond donors (Lipinski definition) is 1.